The summed E-state index contributed by atoms with van der Waals surface area (Å²) >= 11 is 0. The van der Waals surface area contributed by atoms with Crippen LogP contribution in [0.1, 0.15) is 30.4 Å². The second-order valence-corrected chi connectivity index (χ2v) is 6.56. The average molecular weight is 342 g/mol. The second-order valence-electron chi connectivity index (χ2n) is 6.56. The molecule has 0 aliphatic carbocycles. The summed E-state index contributed by atoms with van der Waals surface area (Å²) in [5.74, 6) is 0.648. The summed E-state index contributed by atoms with van der Waals surface area (Å²) in [4.78, 5) is 26.0. The van der Waals surface area contributed by atoms with Crippen molar-refractivity contribution in [1.82, 2.24) is 10.2 Å². The van der Waals surface area contributed by atoms with Crippen molar-refractivity contribution >= 4 is 11.9 Å². The number of hydrogen-bond donors (Lipinski definition) is 2. The first-order valence-electron chi connectivity index (χ1n) is 8.33. The van der Waals surface area contributed by atoms with E-state index in [4.69, 9.17) is 4.42 Å². The number of carbonyl (C=O) groups is 2. The van der Waals surface area contributed by atoms with E-state index >= 15 is 0 Å². The van der Waals surface area contributed by atoms with E-state index in [1.807, 2.05) is 30.3 Å². The molecule has 2 aromatic rings. The number of β-amino-alcohol motifs (C(OH)–C–C–N with tert-alkyl or cyclic N) is 1. The minimum Gasteiger partial charge on any atom is -0.463 e. The number of nitrogens with one attached hydrogen (secondary N) is 1. The molecular formula is C19H22N2O4. The predicted molar refractivity (Wildman–Crippen MR) is 91.8 cm³/mol. The highest BCUT2D eigenvalue weighted by Crippen LogP contribution is 2.30. The zero-order valence-corrected chi connectivity index (χ0v) is 14.4. The number of benzene rings is 1. The van der Waals surface area contributed by atoms with Crippen LogP contribution in [0.5, 0.6) is 0 Å². The van der Waals surface area contributed by atoms with Crippen LogP contribution in [0.4, 0.5) is 4.79 Å². The van der Waals surface area contributed by atoms with Crippen LogP contribution >= 0.6 is 0 Å². The minimum absolute atomic E-state index is 0.0349. The number of aryl methyl sites for hydroxylation is 2. The van der Waals surface area contributed by atoms with Crippen LogP contribution in [0.15, 0.2) is 46.9 Å². The van der Waals surface area contributed by atoms with Gasteiger partial charge in [0.2, 0.25) is 0 Å². The molecule has 6 heteroatoms. The van der Waals surface area contributed by atoms with Crippen molar-refractivity contribution in [2.24, 2.45) is 0 Å². The monoisotopic (exact) mass is 342 g/mol. The Labute approximate surface area is 146 Å². The van der Waals surface area contributed by atoms with Gasteiger partial charge in [0.15, 0.2) is 5.54 Å². The molecule has 1 saturated heterocycles. The number of aliphatic hydroxyl groups is 1. The molecule has 1 fully saturated rings. The Kier molecular flexibility index (Phi) is 4.63. The Bertz CT molecular complexity index is 771. The normalized spacial score (nSPS) is 21.5. The van der Waals surface area contributed by atoms with Gasteiger partial charge in [0.1, 0.15) is 11.5 Å². The van der Waals surface area contributed by atoms with E-state index in [1.165, 1.54) is 0 Å². The van der Waals surface area contributed by atoms with Crippen LogP contribution in [-0.2, 0) is 16.8 Å². The number of amides is 3. The maximum absolute atomic E-state index is 12.7. The van der Waals surface area contributed by atoms with Gasteiger partial charge in [-0.1, -0.05) is 30.3 Å². The van der Waals surface area contributed by atoms with Gasteiger partial charge in [0.05, 0.1) is 12.6 Å². The molecule has 6 nitrogen and oxygen atoms in total. The Hall–Kier alpha value is -2.60. The van der Waals surface area contributed by atoms with Gasteiger partial charge >= 0.3 is 6.03 Å². The molecular weight excluding hydrogens is 320 g/mol. The first kappa shape index (κ1) is 17.2. The fraction of sp³-hybridized carbons (Fsp3) is 0.368. The van der Waals surface area contributed by atoms with Gasteiger partial charge < -0.3 is 14.8 Å². The Morgan fingerprint density at radius 1 is 1.20 bits per heavy atom. The second kappa shape index (κ2) is 6.72. The molecule has 3 amide bonds. The molecule has 0 radical (unpaired) electrons. The van der Waals surface area contributed by atoms with Gasteiger partial charge in [-0.2, -0.15) is 0 Å². The van der Waals surface area contributed by atoms with Crippen molar-refractivity contribution in [2.45, 2.75) is 38.3 Å². The minimum atomic E-state index is -1.23. The third-order valence-corrected chi connectivity index (χ3v) is 4.51. The molecule has 2 heterocycles. The zero-order chi connectivity index (χ0) is 18.0. The first-order valence-corrected chi connectivity index (χ1v) is 8.33. The van der Waals surface area contributed by atoms with E-state index in [1.54, 1.807) is 26.0 Å². The SMILES string of the molecule is Cc1ccc([C@@]2(C)NC(=O)N(C[C@@H](O)CCc3ccccc3)C2=O)o1. The largest absolute Gasteiger partial charge is 0.463 e. The summed E-state index contributed by atoms with van der Waals surface area (Å²) in [6, 6.07) is 12.7. The molecule has 25 heavy (non-hydrogen) atoms. The van der Waals surface area contributed by atoms with Crippen LogP contribution < -0.4 is 5.32 Å². The molecule has 2 N–H and O–H groups in total. The van der Waals surface area contributed by atoms with Crippen LogP contribution in [-0.4, -0.2) is 34.6 Å². The lowest BCUT2D eigenvalue weighted by Crippen LogP contribution is -2.41. The molecule has 0 unspecified atom stereocenters. The number of imide groups is 1. The lowest BCUT2D eigenvalue weighted by molar-refractivity contribution is -0.132. The van der Waals surface area contributed by atoms with Gasteiger partial charge in [-0.15, -0.1) is 0 Å². The number of aliphatic hydroxyl groups excluding tert-OH is 1. The highest BCUT2D eigenvalue weighted by atomic mass is 16.3. The summed E-state index contributed by atoms with van der Waals surface area (Å²) in [6.45, 7) is 3.36. The van der Waals surface area contributed by atoms with Crippen LogP contribution in [0.25, 0.3) is 0 Å². The van der Waals surface area contributed by atoms with Crippen LogP contribution in [0.3, 0.4) is 0 Å². The Balaban J connectivity index is 1.64. The molecule has 1 aliphatic rings. The van der Waals surface area contributed by atoms with E-state index in [9.17, 15) is 14.7 Å². The molecule has 1 aliphatic heterocycles. The summed E-state index contributed by atoms with van der Waals surface area (Å²) in [6.07, 6.45) is 0.369. The number of urea groups is 1. The average Bonchev–Trinajstić information content (AvgIpc) is 3.12. The Morgan fingerprint density at radius 3 is 2.56 bits per heavy atom. The number of rotatable bonds is 6. The van der Waals surface area contributed by atoms with Crippen molar-refractivity contribution in [3.63, 3.8) is 0 Å². The first-order chi connectivity index (χ1) is 11.9. The molecule has 132 valence electrons. The summed E-state index contributed by atoms with van der Waals surface area (Å²) < 4.78 is 5.52. The molecule has 0 bridgehead atoms. The van der Waals surface area contributed by atoms with Crippen molar-refractivity contribution in [2.75, 3.05) is 6.54 Å². The summed E-state index contributed by atoms with van der Waals surface area (Å²) in [5, 5.41) is 12.9. The fourth-order valence-corrected chi connectivity index (χ4v) is 3.01. The molecule has 1 aromatic heterocycles. The summed E-state index contributed by atoms with van der Waals surface area (Å²) in [5.41, 5.74) is -0.125. The highest BCUT2D eigenvalue weighted by molar-refractivity contribution is 6.06. The van der Waals surface area contributed by atoms with E-state index in [-0.39, 0.29) is 6.54 Å². The van der Waals surface area contributed by atoms with Gasteiger partial charge in [-0.3, -0.25) is 9.69 Å². The van der Waals surface area contributed by atoms with Crippen LogP contribution in [0.2, 0.25) is 0 Å². The maximum atomic E-state index is 12.7. The predicted octanol–water partition coefficient (Wildman–Crippen LogP) is 2.35. The molecule has 1 aromatic carbocycles. The number of carbonyl (C=O) groups excluding carboxylic acids is 2. The van der Waals surface area contributed by atoms with Crippen LogP contribution in [0, 0.1) is 6.92 Å². The van der Waals surface area contributed by atoms with E-state index in [0.717, 1.165) is 10.5 Å². The maximum Gasteiger partial charge on any atom is 0.325 e. The molecule has 2 atom stereocenters. The fourth-order valence-electron chi connectivity index (χ4n) is 3.01. The number of furan rings is 1. The molecule has 3 rings (SSSR count). The lowest BCUT2D eigenvalue weighted by atomic mass is 9.99. The van der Waals surface area contributed by atoms with Crippen molar-refractivity contribution in [3.8, 4) is 0 Å². The lowest BCUT2D eigenvalue weighted by Gasteiger charge is -2.20. The summed E-state index contributed by atoms with van der Waals surface area (Å²) in [7, 11) is 0. The Morgan fingerprint density at radius 2 is 1.92 bits per heavy atom. The van der Waals surface area contributed by atoms with E-state index < -0.39 is 23.6 Å². The smallest absolute Gasteiger partial charge is 0.325 e. The zero-order valence-electron chi connectivity index (χ0n) is 14.4. The van der Waals surface area contributed by atoms with Crippen molar-refractivity contribution in [1.29, 1.82) is 0 Å². The topological polar surface area (TPSA) is 82.8 Å². The van der Waals surface area contributed by atoms with Crippen molar-refractivity contribution in [3.05, 3.63) is 59.5 Å². The highest BCUT2D eigenvalue weighted by Gasteiger charge is 2.51. The quantitative estimate of drug-likeness (QED) is 0.790. The van der Waals surface area contributed by atoms with Gasteiger partial charge in [-0.25, -0.2) is 4.79 Å². The number of nitrogens with zero attached hydrogens (tertiary/aromatic N) is 1. The number of hydrogen-bond acceptors (Lipinski definition) is 4. The standard InChI is InChI=1S/C19H22N2O4/c1-13-8-11-16(25-13)19(2)17(23)21(18(24)20-19)12-15(22)10-9-14-6-4-3-5-7-14/h3-8,11,15,22H,9-10,12H2,1-2H3,(H,20,24)/t15-,19+/m0/s1. The molecule has 0 spiro atoms. The third-order valence-electron chi connectivity index (χ3n) is 4.51. The third kappa shape index (κ3) is 3.44. The van der Waals surface area contributed by atoms with E-state index in [0.29, 0.717) is 24.4 Å². The molecule has 0 saturated carbocycles. The van der Waals surface area contributed by atoms with Gasteiger partial charge in [-0.05, 0) is 44.4 Å². The van der Waals surface area contributed by atoms with E-state index in [2.05, 4.69) is 5.32 Å². The van der Waals surface area contributed by atoms with Gasteiger partial charge in [0, 0.05) is 0 Å². The van der Waals surface area contributed by atoms with Gasteiger partial charge in [0.25, 0.3) is 5.91 Å². The van der Waals surface area contributed by atoms with Crippen molar-refractivity contribution < 1.29 is 19.1 Å².